The third-order valence-corrected chi connectivity index (χ3v) is 2.70. The van der Waals surface area contributed by atoms with Crippen LogP contribution in [0.1, 0.15) is 46.5 Å². The Bertz CT molecular complexity index is 310. The van der Waals surface area contributed by atoms with Gasteiger partial charge in [-0.2, -0.15) is 5.10 Å². The number of rotatable bonds is 10. The lowest BCUT2D eigenvalue weighted by Crippen LogP contribution is -2.23. The second-order valence-electron chi connectivity index (χ2n) is 4.96. The predicted octanol–water partition coefficient (Wildman–Crippen LogP) is 2.84. The van der Waals surface area contributed by atoms with E-state index in [0.29, 0.717) is 6.04 Å². The minimum atomic E-state index is 0.592. The Morgan fingerprint density at radius 1 is 1.33 bits per heavy atom. The minimum Gasteiger partial charge on any atom is -0.490 e. The Labute approximate surface area is 111 Å². The van der Waals surface area contributed by atoms with Gasteiger partial charge in [0.15, 0.2) is 5.75 Å². The summed E-state index contributed by atoms with van der Waals surface area (Å²) in [4.78, 5) is 0. The largest absolute Gasteiger partial charge is 0.490 e. The van der Waals surface area contributed by atoms with E-state index in [1.807, 2.05) is 10.9 Å². The van der Waals surface area contributed by atoms with Gasteiger partial charge in [-0.1, -0.05) is 27.2 Å². The first-order valence-electron chi connectivity index (χ1n) is 7.11. The van der Waals surface area contributed by atoms with Gasteiger partial charge in [-0.15, -0.1) is 0 Å². The van der Waals surface area contributed by atoms with Gasteiger partial charge in [0.05, 0.1) is 19.0 Å². The molecule has 4 heteroatoms. The molecule has 1 rings (SSSR count). The smallest absolute Gasteiger partial charge is 0.157 e. The van der Waals surface area contributed by atoms with E-state index in [-0.39, 0.29) is 0 Å². The molecule has 1 heterocycles. The van der Waals surface area contributed by atoms with Crippen molar-refractivity contribution in [1.29, 1.82) is 0 Å². The third-order valence-electron chi connectivity index (χ3n) is 2.70. The van der Waals surface area contributed by atoms with Crippen molar-refractivity contribution in [2.45, 2.75) is 59.0 Å². The van der Waals surface area contributed by atoms with E-state index in [1.54, 1.807) is 6.20 Å². The normalized spacial score (nSPS) is 11.1. The van der Waals surface area contributed by atoms with Crippen LogP contribution in [0, 0.1) is 0 Å². The molecule has 0 aliphatic carbocycles. The molecule has 18 heavy (non-hydrogen) atoms. The SMILES string of the molecule is CCCOc1cnn(CCCCCNC(C)C)c1. The van der Waals surface area contributed by atoms with E-state index in [2.05, 4.69) is 31.2 Å². The highest BCUT2D eigenvalue weighted by molar-refractivity contribution is 5.11. The highest BCUT2D eigenvalue weighted by Crippen LogP contribution is 2.09. The summed E-state index contributed by atoms with van der Waals surface area (Å²) in [5.41, 5.74) is 0. The fraction of sp³-hybridized carbons (Fsp3) is 0.786. The summed E-state index contributed by atoms with van der Waals surface area (Å²) in [6.45, 7) is 9.34. The highest BCUT2D eigenvalue weighted by atomic mass is 16.5. The molecule has 1 N–H and O–H groups in total. The average Bonchev–Trinajstić information content (AvgIpc) is 2.78. The molecule has 0 atom stereocenters. The zero-order valence-corrected chi connectivity index (χ0v) is 12.0. The van der Waals surface area contributed by atoms with Crippen LogP contribution in [0.15, 0.2) is 12.4 Å². The van der Waals surface area contributed by atoms with Crippen LogP contribution in [0.5, 0.6) is 5.75 Å². The number of aromatic nitrogens is 2. The summed E-state index contributed by atoms with van der Waals surface area (Å²) in [5, 5.41) is 7.72. The second kappa shape index (κ2) is 8.97. The van der Waals surface area contributed by atoms with Crippen molar-refractivity contribution < 1.29 is 4.74 Å². The molecule has 0 aliphatic heterocycles. The van der Waals surface area contributed by atoms with Crippen LogP contribution in [0.3, 0.4) is 0 Å². The van der Waals surface area contributed by atoms with Gasteiger partial charge in [0, 0.05) is 12.6 Å². The molecule has 104 valence electrons. The van der Waals surface area contributed by atoms with Crippen molar-refractivity contribution in [1.82, 2.24) is 15.1 Å². The second-order valence-corrected chi connectivity index (χ2v) is 4.96. The summed E-state index contributed by atoms with van der Waals surface area (Å²) in [7, 11) is 0. The molecule has 0 saturated carbocycles. The Hall–Kier alpha value is -1.03. The van der Waals surface area contributed by atoms with Crippen molar-refractivity contribution in [3.8, 4) is 5.75 Å². The maximum Gasteiger partial charge on any atom is 0.157 e. The maximum absolute atomic E-state index is 5.51. The van der Waals surface area contributed by atoms with Gasteiger partial charge in [0.25, 0.3) is 0 Å². The first-order chi connectivity index (χ1) is 8.72. The lowest BCUT2D eigenvalue weighted by molar-refractivity contribution is 0.317. The number of hydrogen-bond acceptors (Lipinski definition) is 3. The van der Waals surface area contributed by atoms with Crippen molar-refractivity contribution in [3.05, 3.63) is 12.4 Å². The van der Waals surface area contributed by atoms with Gasteiger partial charge in [-0.25, -0.2) is 0 Å². The molecule has 0 bridgehead atoms. The number of hydrogen-bond donors (Lipinski definition) is 1. The lowest BCUT2D eigenvalue weighted by Gasteiger charge is -2.07. The van der Waals surface area contributed by atoms with Crippen LogP contribution >= 0.6 is 0 Å². The molecule has 1 aromatic rings. The van der Waals surface area contributed by atoms with Crippen LogP contribution in [-0.4, -0.2) is 29.0 Å². The van der Waals surface area contributed by atoms with Crippen molar-refractivity contribution in [3.63, 3.8) is 0 Å². The van der Waals surface area contributed by atoms with Gasteiger partial charge < -0.3 is 10.1 Å². The van der Waals surface area contributed by atoms with E-state index in [1.165, 1.54) is 19.3 Å². The molecule has 0 aromatic carbocycles. The summed E-state index contributed by atoms with van der Waals surface area (Å²) in [5.74, 6) is 0.887. The summed E-state index contributed by atoms with van der Waals surface area (Å²) >= 11 is 0. The summed E-state index contributed by atoms with van der Waals surface area (Å²) in [6.07, 6.45) is 8.48. The molecule has 0 fully saturated rings. The molecule has 0 aliphatic rings. The minimum absolute atomic E-state index is 0.592. The van der Waals surface area contributed by atoms with Gasteiger partial charge in [-0.05, 0) is 25.8 Å². The monoisotopic (exact) mass is 253 g/mol. The fourth-order valence-electron chi connectivity index (χ4n) is 1.73. The Morgan fingerprint density at radius 3 is 2.89 bits per heavy atom. The molecule has 1 aromatic heterocycles. The molecule has 0 saturated heterocycles. The van der Waals surface area contributed by atoms with Gasteiger partial charge in [0.2, 0.25) is 0 Å². The maximum atomic E-state index is 5.51. The Morgan fingerprint density at radius 2 is 2.17 bits per heavy atom. The van der Waals surface area contributed by atoms with E-state index in [0.717, 1.165) is 31.9 Å². The van der Waals surface area contributed by atoms with Gasteiger partial charge >= 0.3 is 0 Å². The van der Waals surface area contributed by atoms with E-state index < -0.39 is 0 Å². The van der Waals surface area contributed by atoms with Crippen LogP contribution < -0.4 is 10.1 Å². The first-order valence-corrected chi connectivity index (χ1v) is 7.11. The van der Waals surface area contributed by atoms with E-state index >= 15 is 0 Å². The summed E-state index contributed by atoms with van der Waals surface area (Å²) < 4.78 is 7.49. The Kier molecular flexibility index (Phi) is 7.49. The van der Waals surface area contributed by atoms with Crippen molar-refractivity contribution in [2.75, 3.05) is 13.2 Å². The zero-order valence-electron chi connectivity index (χ0n) is 12.0. The van der Waals surface area contributed by atoms with Crippen LogP contribution in [0.2, 0.25) is 0 Å². The van der Waals surface area contributed by atoms with Gasteiger partial charge in [-0.3, -0.25) is 4.68 Å². The average molecular weight is 253 g/mol. The number of ether oxygens (including phenoxy) is 1. The third kappa shape index (κ3) is 6.64. The van der Waals surface area contributed by atoms with Crippen LogP contribution in [-0.2, 0) is 6.54 Å². The molecule has 0 unspecified atom stereocenters. The zero-order chi connectivity index (χ0) is 13.2. The molecule has 0 radical (unpaired) electrons. The van der Waals surface area contributed by atoms with Crippen LogP contribution in [0.25, 0.3) is 0 Å². The molecular weight excluding hydrogens is 226 g/mol. The molecule has 4 nitrogen and oxygen atoms in total. The first kappa shape index (κ1) is 15.0. The number of aryl methyl sites for hydroxylation is 1. The highest BCUT2D eigenvalue weighted by Gasteiger charge is 1.99. The molecule has 0 amide bonds. The van der Waals surface area contributed by atoms with E-state index in [4.69, 9.17) is 4.74 Å². The van der Waals surface area contributed by atoms with Crippen molar-refractivity contribution in [2.24, 2.45) is 0 Å². The van der Waals surface area contributed by atoms with Crippen LogP contribution in [0.4, 0.5) is 0 Å². The topological polar surface area (TPSA) is 39.1 Å². The number of unbranched alkanes of at least 4 members (excludes halogenated alkanes) is 2. The fourth-order valence-corrected chi connectivity index (χ4v) is 1.73. The Balaban J connectivity index is 2.06. The van der Waals surface area contributed by atoms with E-state index in [9.17, 15) is 0 Å². The number of nitrogens with zero attached hydrogens (tertiary/aromatic N) is 2. The molecule has 0 spiro atoms. The molecular formula is C14H27N3O. The quantitative estimate of drug-likeness (QED) is 0.652. The number of nitrogens with one attached hydrogen (secondary N) is 1. The van der Waals surface area contributed by atoms with Crippen molar-refractivity contribution >= 4 is 0 Å². The van der Waals surface area contributed by atoms with Gasteiger partial charge in [0.1, 0.15) is 0 Å². The summed E-state index contributed by atoms with van der Waals surface area (Å²) in [6, 6.07) is 0.592. The predicted molar refractivity (Wildman–Crippen MR) is 75.0 cm³/mol. The standard InChI is InChI=1S/C14H27N3O/c1-4-10-18-14-11-16-17(12-14)9-7-5-6-8-15-13(2)3/h11-13,15H,4-10H2,1-3H3. The lowest BCUT2D eigenvalue weighted by atomic mass is 10.2.